The monoisotopic (exact) mass is 401 g/mol. The topological polar surface area (TPSA) is 82.5 Å². The molecule has 7 nitrogen and oxygen atoms in total. The highest BCUT2D eigenvalue weighted by atomic mass is 16.5. The normalized spacial score (nSPS) is 10.6. The van der Waals surface area contributed by atoms with E-state index >= 15 is 0 Å². The van der Waals surface area contributed by atoms with Gasteiger partial charge in [0.15, 0.2) is 6.61 Å². The van der Waals surface area contributed by atoms with Gasteiger partial charge in [-0.2, -0.15) is 0 Å². The van der Waals surface area contributed by atoms with Gasteiger partial charge < -0.3 is 14.8 Å². The number of ether oxygens (including phenoxy) is 2. The molecular weight excluding hydrogens is 382 g/mol. The summed E-state index contributed by atoms with van der Waals surface area (Å²) in [5, 5.41) is 2.75. The maximum atomic E-state index is 13.1. The van der Waals surface area contributed by atoms with Gasteiger partial charge in [-0.15, -0.1) is 0 Å². The predicted octanol–water partition coefficient (Wildman–Crippen LogP) is 3.75. The summed E-state index contributed by atoms with van der Waals surface area (Å²) >= 11 is 0. The Balaban J connectivity index is 1.48. The number of rotatable bonds is 6. The molecule has 4 aromatic rings. The second kappa shape index (κ2) is 8.48. The van der Waals surface area contributed by atoms with E-state index in [2.05, 4.69) is 10.3 Å². The van der Waals surface area contributed by atoms with E-state index in [0.29, 0.717) is 28.3 Å². The van der Waals surface area contributed by atoms with Crippen molar-refractivity contribution in [2.75, 3.05) is 19.0 Å². The van der Waals surface area contributed by atoms with Gasteiger partial charge in [-0.3, -0.25) is 14.2 Å². The molecule has 7 heteroatoms. The van der Waals surface area contributed by atoms with E-state index in [-0.39, 0.29) is 18.4 Å². The number of amides is 1. The minimum Gasteiger partial charge on any atom is -0.497 e. The molecule has 0 radical (unpaired) electrons. The van der Waals surface area contributed by atoms with Crippen molar-refractivity contribution in [2.45, 2.75) is 0 Å². The number of fused-ring (bicyclic) bond motifs is 1. The summed E-state index contributed by atoms with van der Waals surface area (Å²) in [6, 6.07) is 21.1. The van der Waals surface area contributed by atoms with Crippen LogP contribution >= 0.6 is 0 Å². The molecule has 1 aromatic heterocycles. The fourth-order valence-corrected chi connectivity index (χ4v) is 3.04. The largest absolute Gasteiger partial charge is 0.497 e. The van der Waals surface area contributed by atoms with Crippen LogP contribution in [0.3, 0.4) is 0 Å². The highest BCUT2D eigenvalue weighted by Crippen LogP contribution is 2.20. The molecule has 30 heavy (non-hydrogen) atoms. The summed E-state index contributed by atoms with van der Waals surface area (Å²) in [5.41, 5.74) is 2.19. The van der Waals surface area contributed by atoms with Crippen LogP contribution < -0.4 is 14.8 Å². The van der Waals surface area contributed by atoms with Crippen LogP contribution in [-0.4, -0.2) is 35.1 Å². The van der Waals surface area contributed by atoms with Crippen molar-refractivity contribution in [2.24, 2.45) is 0 Å². The molecule has 3 aromatic carbocycles. The van der Waals surface area contributed by atoms with Crippen molar-refractivity contribution in [1.82, 2.24) is 9.55 Å². The molecule has 150 valence electrons. The number of hydrogen-bond donors (Lipinski definition) is 1. The first-order chi connectivity index (χ1) is 14.7. The number of benzene rings is 3. The van der Waals surface area contributed by atoms with E-state index in [0.717, 1.165) is 5.52 Å². The average Bonchev–Trinajstić information content (AvgIpc) is 3.22. The molecule has 0 saturated heterocycles. The van der Waals surface area contributed by atoms with Crippen molar-refractivity contribution >= 4 is 28.5 Å². The third-order valence-corrected chi connectivity index (χ3v) is 4.53. The first-order valence-electron chi connectivity index (χ1n) is 9.28. The number of nitrogens with one attached hydrogen (secondary N) is 1. The zero-order valence-electron chi connectivity index (χ0n) is 16.2. The van der Waals surface area contributed by atoms with E-state index in [1.165, 1.54) is 10.9 Å². The Morgan fingerprint density at radius 1 is 0.933 bits per heavy atom. The second-order valence-electron chi connectivity index (χ2n) is 6.47. The summed E-state index contributed by atoms with van der Waals surface area (Å²) in [4.78, 5) is 29.7. The molecule has 0 aliphatic heterocycles. The number of nitrogens with zero attached hydrogens (tertiary/aromatic N) is 2. The maximum absolute atomic E-state index is 13.1. The lowest BCUT2D eigenvalue weighted by atomic mass is 10.1. The molecule has 0 unspecified atom stereocenters. The molecule has 0 spiro atoms. The molecular formula is C23H19N3O4. The third-order valence-electron chi connectivity index (χ3n) is 4.53. The van der Waals surface area contributed by atoms with E-state index in [4.69, 9.17) is 9.47 Å². The van der Waals surface area contributed by atoms with Crippen LogP contribution in [0.2, 0.25) is 0 Å². The van der Waals surface area contributed by atoms with Crippen LogP contribution in [0.15, 0.2) is 79.1 Å². The smallest absolute Gasteiger partial charge is 0.265 e. The highest BCUT2D eigenvalue weighted by molar-refractivity contribution is 6.07. The molecule has 0 aliphatic rings. The summed E-state index contributed by atoms with van der Waals surface area (Å²) in [5.74, 6) is 0.587. The number of carbonyl (C=O) groups is 2. The lowest BCUT2D eigenvalue weighted by Gasteiger charge is -2.12. The van der Waals surface area contributed by atoms with Gasteiger partial charge in [0.2, 0.25) is 0 Å². The maximum Gasteiger partial charge on any atom is 0.265 e. The molecule has 0 atom stereocenters. The number of hydrogen-bond acceptors (Lipinski definition) is 5. The van der Waals surface area contributed by atoms with Gasteiger partial charge in [-0.05, 0) is 48.5 Å². The average molecular weight is 401 g/mol. The fraction of sp³-hybridized carbons (Fsp3) is 0.0870. The highest BCUT2D eigenvalue weighted by Gasteiger charge is 2.17. The minimum atomic E-state index is -0.374. The number of carbonyl (C=O) groups excluding carboxylic acids is 2. The molecule has 0 fully saturated rings. The van der Waals surface area contributed by atoms with Gasteiger partial charge in [-0.25, -0.2) is 4.98 Å². The quantitative estimate of drug-likeness (QED) is 0.532. The second-order valence-corrected chi connectivity index (χ2v) is 6.47. The molecule has 0 aliphatic carbocycles. The molecule has 1 N–H and O–H groups in total. The lowest BCUT2D eigenvalue weighted by molar-refractivity contribution is -0.118. The summed E-state index contributed by atoms with van der Waals surface area (Å²) in [7, 11) is 1.58. The van der Waals surface area contributed by atoms with Crippen molar-refractivity contribution in [3.05, 3.63) is 84.7 Å². The van der Waals surface area contributed by atoms with Crippen molar-refractivity contribution in [3.63, 3.8) is 0 Å². The summed E-state index contributed by atoms with van der Waals surface area (Å²) in [6.45, 7) is -0.192. The zero-order valence-corrected chi connectivity index (χ0v) is 16.2. The molecule has 0 saturated carbocycles. The Hall–Kier alpha value is -4.13. The Morgan fingerprint density at radius 2 is 1.63 bits per heavy atom. The van der Waals surface area contributed by atoms with E-state index in [9.17, 15) is 9.59 Å². The van der Waals surface area contributed by atoms with E-state index in [1.54, 1.807) is 55.6 Å². The fourth-order valence-electron chi connectivity index (χ4n) is 3.04. The van der Waals surface area contributed by atoms with Gasteiger partial charge in [0.05, 0.1) is 29.4 Å². The standard InChI is InChI=1S/C23H19N3O4/c1-29-16-10-12-17(13-11-16)30-14-22(27)25-19-7-3-2-6-18(19)23(28)26-15-24-20-8-4-5-9-21(20)26/h2-13,15H,14H2,1H3,(H,25,27). The lowest BCUT2D eigenvalue weighted by Crippen LogP contribution is -2.22. The number of anilines is 1. The Kier molecular flexibility index (Phi) is 5.43. The van der Waals surface area contributed by atoms with Crippen molar-refractivity contribution in [1.29, 1.82) is 0 Å². The van der Waals surface area contributed by atoms with Crippen LogP contribution in [0, 0.1) is 0 Å². The third kappa shape index (κ3) is 4.00. The van der Waals surface area contributed by atoms with Crippen molar-refractivity contribution < 1.29 is 19.1 Å². The molecule has 0 bridgehead atoms. The van der Waals surface area contributed by atoms with Gasteiger partial charge in [-0.1, -0.05) is 24.3 Å². The molecule has 4 rings (SSSR count). The number of imidazole rings is 1. The van der Waals surface area contributed by atoms with Crippen LogP contribution in [0.1, 0.15) is 10.4 Å². The first kappa shape index (κ1) is 19.2. The number of methoxy groups -OCH3 is 1. The van der Waals surface area contributed by atoms with Gasteiger partial charge >= 0.3 is 0 Å². The van der Waals surface area contributed by atoms with Gasteiger partial charge in [0, 0.05) is 0 Å². The van der Waals surface area contributed by atoms with E-state index < -0.39 is 0 Å². The molecule has 1 heterocycles. The zero-order chi connectivity index (χ0) is 20.9. The van der Waals surface area contributed by atoms with Crippen LogP contribution in [0.25, 0.3) is 11.0 Å². The number of aromatic nitrogens is 2. The SMILES string of the molecule is COc1ccc(OCC(=O)Nc2ccccc2C(=O)n2cnc3ccccc32)cc1. The first-order valence-corrected chi connectivity index (χ1v) is 9.28. The Morgan fingerprint density at radius 3 is 2.43 bits per heavy atom. The Labute approximate surface area is 172 Å². The summed E-state index contributed by atoms with van der Waals surface area (Å²) in [6.07, 6.45) is 1.48. The van der Waals surface area contributed by atoms with E-state index in [1.807, 2.05) is 24.3 Å². The predicted molar refractivity (Wildman–Crippen MR) is 113 cm³/mol. The number of para-hydroxylation sites is 3. The van der Waals surface area contributed by atoms with Gasteiger partial charge in [0.1, 0.15) is 17.8 Å². The molecule has 1 amide bonds. The summed E-state index contributed by atoms with van der Waals surface area (Å²) < 4.78 is 12.1. The van der Waals surface area contributed by atoms with Gasteiger partial charge in [0.25, 0.3) is 11.8 Å². The Bertz CT molecular complexity index is 1200. The minimum absolute atomic E-state index is 0.192. The van der Waals surface area contributed by atoms with Crippen LogP contribution in [0.4, 0.5) is 5.69 Å². The van der Waals surface area contributed by atoms with Crippen LogP contribution in [0.5, 0.6) is 11.5 Å². The van der Waals surface area contributed by atoms with Crippen LogP contribution in [-0.2, 0) is 4.79 Å². The van der Waals surface area contributed by atoms with Crippen molar-refractivity contribution in [3.8, 4) is 11.5 Å².